The standard InChI is InChI=1S/C14H17BrCl2/c1-9-2-4-10(5-3-9)14(15)12-8-11(16)6-7-13(12)17/h6-10,14H,2-5H2,1H3. The molecule has 0 radical (unpaired) electrons. The van der Waals surface area contributed by atoms with Crippen molar-refractivity contribution in [2.45, 2.75) is 37.4 Å². The molecule has 0 spiro atoms. The van der Waals surface area contributed by atoms with Gasteiger partial charge in [-0.15, -0.1) is 0 Å². The van der Waals surface area contributed by atoms with Crippen molar-refractivity contribution in [2.24, 2.45) is 11.8 Å². The lowest BCUT2D eigenvalue weighted by atomic mass is 9.80. The van der Waals surface area contributed by atoms with E-state index in [1.165, 1.54) is 25.7 Å². The summed E-state index contributed by atoms with van der Waals surface area (Å²) in [5.74, 6) is 1.56. The van der Waals surface area contributed by atoms with E-state index in [2.05, 4.69) is 22.9 Å². The summed E-state index contributed by atoms with van der Waals surface area (Å²) in [6.07, 6.45) is 5.20. The summed E-state index contributed by atoms with van der Waals surface area (Å²) in [6.45, 7) is 2.34. The molecule has 0 bridgehead atoms. The average molecular weight is 336 g/mol. The summed E-state index contributed by atoms with van der Waals surface area (Å²) in [4.78, 5) is 0.334. The minimum absolute atomic E-state index is 0.334. The largest absolute Gasteiger partial charge is 0.0843 e. The number of alkyl halides is 1. The van der Waals surface area contributed by atoms with E-state index in [1.54, 1.807) is 0 Å². The molecule has 1 aliphatic rings. The molecule has 0 amide bonds. The Balaban J connectivity index is 2.13. The van der Waals surface area contributed by atoms with Gasteiger partial charge in [0.15, 0.2) is 0 Å². The van der Waals surface area contributed by atoms with E-state index in [-0.39, 0.29) is 0 Å². The van der Waals surface area contributed by atoms with Crippen molar-refractivity contribution >= 4 is 39.1 Å². The van der Waals surface area contributed by atoms with Gasteiger partial charge in [-0.2, -0.15) is 0 Å². The highest BCUT2D eigenvalue weighted by molar-refractivity contribution is 9.09. The van der Waals surface area contributed by atoms with Crippen molar-refractivity contribution in [3.63, 3.8) is 0 Å². The SMILES string of the molecule is CC1CCC(C(Br)c2cc(Cl)ccc2Cl)CC1. The average Bonchev–Trinajstić information content (AvgIpc) is 2.32. The Labute approximate surface area is 122 Å². The van der Waals surface area contributed by atoms with Gasteiger partial charge in [-0.3, -0.25) is 0 Å². The molecular formula is C14H17BrCl2. The number of hydrogen-bond acceptors (Lipinski definition) is 0. The molecule has 0 N–H and O–H groups in total. The Kier molecular flexibility index (Phi) is 4.80. The zero-order chi connectivity index (χ0) is 12.4. The molecule has 3 heteroatoms. The second kappa shape index (κ2) is 5.95. The summed E-state index contributed by atoms with van der Waals surface area (Å²) in [5, 5.41) is 1.58. The number of rotatable bonds is 2. The maximum Gasteiger partial charge on any atom is 0.0450 e. The Hall–Kier alpha value is 0.280. The number of halogens is 3. The molecule has 1 fully saturated rings. The molecule has 17 heavy (non-hydrogen) atoms. The third-order valence-corrected chi connectivity index (χ3v) is 5.55. The molecule has 1 saturated carbocycles. The molecule has 0 nitrogen and oxygen atoms in total. The van der Waals surface area contributed by atoms with Crippen molar-refractivity contribution in [2.75, 3.05) is 0 Å². The van der Waals surface area contributed by atoms with Gasteiger partial charge in [0.25, 0.3) is 0 Å². The van der Waals surface area contributed by atoms with Crippen LogP contribution in [-0.2, 0) is 0 Å². The van der Waals surface area contributed by atoms with Crippen LogP contribution in [0.5, 0.6) is 0 Å². The van der Waals surface area contributed by atoms with Crippen molar-refractivity contribution in [3.05, 3.63) is 33.8 Å². The van der Waals surface area contributed by atoms with E-state index >= 15 is 0 Å². The lowest BCUT2D eigenvalue weighted by Crippen LogP contribution is -2.16. The second-order valence-corrected chi connectivity index (χ2v) is 6.92. The monoisotopic (exact) mass is 334 g/mol. The summed E-state index contributed by atoms with van der Waals surface area (Å²) >= 11 is 16.1. The van der Waals surface area contributed by atoms with Gasteiger partial charge < -0.3 is 0 Å². The lowest BCUT2D eigenvalue weighted by Gasteiger charge is -2.30. The molecule has 1 aromatic rings. The van der Waals surface area contributed by atoms with Gasteiger partial charge in [-0.1, -0.05) is 58.9 Å². The highest BCUT2D eigenvalue weighted by Gasteiger charge is 2.26. The third kappa shape index (κ3) is 3.39. The van der Waals surface area contributed by atoms with Gasteiger partial charge in [0.2, 0.25) is 0 Å². The van der Waals surface area contributed by atoms with Crippen molar-refractivity contribution in [1.29, 1.82) is 0 Å². The van der Waals surface area contributed by atoms with E-state index in [9.17, 15) is 0 Å². The van der Waals surface area contributed by atoms with E-state index in [0.717, 1.165) is 21.5 Å². The van der Waals surface area contributed by atoms with Gasteiger partial charge in [0, 0.05) is 14.9 Å². The molecule has 1 aromatic carbocycles. The summed E-state index contributed by atoms with van der Waals surface area (Å²) in [6, 6.07) is 5.72. The molecule has 0 saturated heterocycles. The lowest BCUT2D eigenvalue weighted by molar-refractivity contribution is 0.287. The van der Waals surface area contributed by atoms with Crippen LogP contribution in [0.2, 0.25) is 10.0 Å². The Morgan fingerprint density at radius 1 is 1.18 bits per heavy atom. The van der Waals surface area contributed by atoms with Crippen LogP contribution in [0.25, 0.3) is 0 Å². The molecule has 0 aliphatic heterocycles. The molecule has 0 heterocycles. The zero-order valence-corrected chi connectivity index (χ0v) is 13.0. The first kappa shape index (κ1) is 13.7. The Morgan fingerprint density at radius 2 is 1.82 bits per heavy atom. The van der Waals surface area contributed by atoms with Crippen LogP contribution >= 0.6 is 39.1 Å². The molecular weight excluding hydrogens is 319 g/mol. The van der Waals surface area contributed by atoms with Crippen molar-refractivity contribution in [3.8, 4) is 0 Å². The van der Waals surface area contributed by atoms with E-state index in [4.69, 9.17) is 23.2 Å². The Morgan fingerprint density at radius 3 is 2.47 bits per heavy atom. The smallest absolute Gasteiger partial charge is 0.0450 e. The van der Waals surface area contributed by atoms with Crippen molar-refractivity contribution < 1.29 is 0 Å². The van der Waals surface area contributed by atoms with Gasteiger partial charge in [0.1, 0.15) is 0 Å². The summed E-state index contributed by atoms with van der Waals surface area (Å²) in [7, 11) is 0. The van der Waals surface area contributed by atoms with E-state index in [0.29, 0.717) is 10.7 Å². The minimum atomic E-state index is 0.334. The van der Waals surface area contributed by atoms with Crippen LogP contribution in [0.1, 0.15) is 43.0 Å². The molecule has 1 atom stereocenters. The van der Waals surface area contributed by atoms with Crippen LogP contribution in [0.15, 0.2) is 18.2 Å². The van der Waals surface area contributed by atoms with Gasteiger partial charge >= 0.3 is 0 Å². The fourth-order valence-corrected chi connectivity index (χ4v) is 4.01. The quantitative estimate of drug-likeness (QED) is 0.560. The zero-order valence-electron chi connectivity index (χ0n) is 9.93. The molecule has 94 valence electrons. The van der Waals surface area contributed by atoms with E-state index in [1.807, 2.05) is 18.2 Å². The highest BCUT2D eigenvalue weighted by atomic mass is 79.9. The topological polar surface area (TPSA) is 0 Å². The molecule has 0 aromatic heterocycles. The van der Waals surface area contributed by atoms with Gasteiger partial charge in [0.05, 0.1) is 0 Å². The predicted octanol–water partition coefficient (Wildman–Crippen LogP) is 6.26. The fraction of sp³-hybridized carbons (Fsp3) is 0.571. The van der Waals surface area contributed by atoms with E-state index < -0.39 is 0 Å². The van der Waals surface area contributed by atoms with Gasteiger partial charge in [-0.05, 0) is 48.4 Å². The molecule has 1 unspecified atom stereocenters. The predicted molar refractivity (Wildman–Crippen MR) is 79.3 cm³/mol. The maximum absolute atomic E-state index is 6.25. The summed E-state index contributed by atoms with van der Waals surface area (Å²) in [5.41, 5.74) is 1.14. The van der Waals surface area contributed by atoms with Gasteiger partial charge in [-0.25, -0.2) is 0 Å². The third-order valence-electron chi connectivity index (χ3n) is 3.73. The first-order chi connectivity index (χ1) is 8.08. The van der Waals surface area contributed by atoms with Crippen LogP contribution in [0.4, 0.5) is 0 Å². The first-order valence-electron chi connectivity index (χ1n) is 6.17. The molecule has 1 aliphatic carbocycles. The van der Waals surface area contributed by atoms with Crippen molar-refractivity contribution in [1.82, 2.24) is 0 Å². The maximum atomic E-state index is 6.25. The van der Waals surface area contributed by atoms with Crippen LogP contribution in [-0.4, -0.2) is 0 Å². The van der Waals surface area contributed by atoms with Crippen LogP contribution < -0.4 is 0 Å². The minimum Gasteiger partial charge on any atom is -0.0843 e. The normalized spacial score (nSPS) is 26.8. The molecule has 2 rings (SSSR count). The number of hydrogen-bond donors (Lipinski definition) is 0. The van der Waals surface area contributed by atoms with Crippen LogP contribution in [0, 0.1) is 11.8 Å². The number of benzene rings is 1. The Bertz CT molecular complexity index is 384. The highest BCUT2D eigenvalue weighted by Crippen LogP contribution is 2.44. The van der Waals surface area contributed by atoms with Crippen LogP contribution in [0.3, 0.4) is 0 Å². The second-order valence-electron chi connectivity index (χ2n) is 5.09. The summed E-state index contributed by atoms with van der Waals surface area (Å²) < 4.78 is 0. The first-order valence-corrected chi connectivity index (χ1v) is 7.84. The fourth-order valence-electron chi connectivity index (χ4n) is 2.56.